The van der Waals surface area contributed by atoms with Crippen molar-refractivity contribution in [3.63, 3.8) is 0 Å². The van der Waals surface area contributed by atoms with Crippen LogP contribution < -0.4 is 4.74 Å². The zero-order valence-corrected chi connectivity index (χ0v) is 24.3. The first-order chi connectivity index (χ1) is 20.9. The molecule has 0 atom stereocenters. The van der Waals surface area contributed by atoms with Crippen molar-refractivity contribution in [1.29, 1.82) is 0 Å². The summed E-state index contributed by atoms with van der Waals surface area (Å²) in [6.45, 7) is 3.22. The van der Waals surface area contributed by atoms with Crippen LogP contribution in [0.5, 0.6) is 5.75 Å². The van der Waals surface area contributed by atoms with Crippen molar-refractivity contribution < 1.29 is 72.0 Å². The first-order valence-electron chi connectivity index (χ1n) is 14.9. The molecule has 16 heteroatoms. The van der Waals surface area contributed by atoms with Gasteiger partial charge in [0.15, 0.2) is 6.29 Å². The molecule has 1 heterocycles. The van der Waals surface area contributed by atoms with Gasteiger partial charge < -0.3 is 18.9 Å². The Hall–Kier alpha value is -1.91. The molecule has 0 aromatic heterocycles. The minimum Gasteiger partial charge on any atom is -0.432 e. The minimum absolute atomic E-state index is 0.0137. The summed E-state index contributed by atoms with van der Waals surface area (Å²) in [5.74, 6) is -8.29. The summed E-state index contributed by atoms with van der Waals surface area (Å²) in [6, 6.07) is -0.251. The predicted octanol–water partition coefficient (Wildman–Crippen LogP) is 9.29. The van der Waals surface area contributed by atoms with Crippen LogP contribution in [0, 0.1) is 35.3 Å². The Morgan fingerprint density at radius 3 is 1.76 bits per heavy atom. The van der Waals surface area contributed by atoms with E-state index in [9.17, 15) is 39.5 Å². The normalized spacial score (nSPS) is 29.1. The highest BCUT2D eigenvalue weighted by Crippen LogP contribution is 2.46. The van der Waals surface area contributed by atoms with E-state index >= 15 is 8.78 Å². The molecule has 1 aliphatic heterocycles. The fourth-order valence-corrected chi connectivity index (χ4v) is 6.29. The topological polar surface area (TPSA) is 46.2 Å². The number of alkyl halides is 9. The van der Waals surface area contributed by atoms with Crippen molar-refractivity contribution in [2.24, 2.45) is 23.7 Å². The quantitative estimate of drug-likeness (QED) is 0.220. The Labute approximate surface area is 252 Å². The maximum atomic E-state index is 15.0. The van der Waals surface area contributed by atoms with Crippen molar-refractivity contribution in [3.8, 4) is 5.75 Å². The van der Waals surface area contributed by atoms with Gasteiger partial charge >= 0.3 is 24.7 Å². The van der Waals surface area contributed by atoms with E-state index in [4.69, 9.17) is 14.2 Å². The van der Waals surface area contributed by atoms with Gasteiger partial charge in [0.05, 0.1) is 31.2 Å². The molecule has 258 valence electrons. The third kappa shape index (κ3) is 9.34. The zero-order chi connectivity index (χ0) is 33.2. The summed E-state index contributed by atoms with van der Waals surface area (Å²) < 4.78 is 175. The molecule has 3 aliphatic rings. The third-order valence-electron chi connectivity index (χ3n) is 8.60. The largest absolute Gasteiger partial charge is 0.527 e. The number of halogens is 11. The van der Waals surface area contributed by atoms with Crippen LogP contribution in [0.25, 0.3) is 0 Å². The van der Waals surface area contributed by atoms with E-state index in [2.05, 4.69) is 16.4 Å². The van der Waals surface area contributed by atoms with Gasteiger partial charge in [-0.3, -0.25) is 0 Å². The van der Waals surface area contributed by atoms with Gasteiger partial charge in [-0.2, -0.15) is 26.3 Å². The van der Waals surface area contributed by atoms with Crippen LogP contribution in [0.2, 0.25) is 0 Å². The van der Waals surface area contributed by atoms with Crippen LogP contribution in [-0.2, 0) is 25.1 Å². The van der Waals surface area contributed by atoms with Gasteiger partial charge in [-0.1, -0.05) is 13.3 Å². The molecule has 4 rings (SSSR count). The molecule has 1 saturated heterocycles. The van der Waals surface area contributed by atoms with Gasteiger partial charge in [0.2, 0.25) is 0 Å². The molecule has 45 heavy (non-hydrogen) atoms. The molecule has 3 fully saturated rings. The second-order valence-corrected chi connectivity index (χ2v) is 11.9. The summed E-state index contributed by atoms with van der Waals surface area (Å²) in [7, 11) is 0. The number of hydrogen-bond acceptors (Lipinski definition) is 5. The van der Waals surface area contributed by atoms with Crippen LogP contribution in [0.1, 0.15) is 76.7 Å². The maximum Gasteiger partial charge on any atom is 0.527 e. The lowest BCUT2D eigenvalue weighted by Crippen LogP contribution is -2.43. The van der Waals surface area contributed by atoms with Gasteiger partial charge in [-0.15, -0.1) is 13.2 Å². The van der Waals surface area contributed by atoms with E-state index in [1.807, 2.05) is 0 Å². The van der Waals surface area contributed by atoms with E-state index in [0.29, 0.717) is 32.0 Å². The molecular weight excluding hydrogens is 637 g/mol. The van der Waals surface area contributed by atoms with E-state index in [1.54, 1.807) is 0 Å². The Balaban J connectivity index is 1.26. The molecule has 2 saturated carbocycles. The van der Waals surface area contributed by atoms with E-state index in [0.717, 1.165) is 12.8 Å². The highest BCUT2D eigenvalue weighted by Gasteiger charge is 2.51. The highest BCUT2D eigenvalue weighted by molar-refractivity contribution is 5.32. The number of hydrogen-bond donors (Lipinski definition) is 0. The van der Waals surface area contributed by atoms with Crippen LogP contribution in [-0.4, -0.2) is 44.2 Å². The standard InChI is InChI=1S/C29H35F11O5/c1-2-3-16-14-41-25(42-15-16)17-4-6-18(7-5-17)26(32,33)43-20-10-8-19(9-11-20)27(34,35)44-21-12-22(30)24(23(31)13-21)28(36,37)45-29(38,39)40/h12-13,16-20,25H,2-11,14-15H2,1H3. The zero-order valence-electron chi connectivity index (χ0n) is 24.3. The molecule has 1 aromatic rings. The molecule has 1 aromatic carbocycles. The fraction of sp³-hybridized carbons (Fsp3) is 0.793. The molecule has 0 spiro atoms. The van der Waals surface area contributed by atoms with E-state index in [-0.39, 0.29) is 56.6 Å². The average Bonchev–Trinajstić information content (AvgIpc) is 2.92. The molecular formula is C29H35F11O5. The van der Waals surface area contributed by atoms with Crippen LogP contribution in [0.4, 0.5) is 48.3 Å². The summed E-state index contributed by atoms with van der Waals surface area (Å²) in [5, 5.41) is 0. The lowest BCUT2D eigenvalue weighted by molar-refractivity contribution is -0.432. The van der Waals surface area contributed by atoms with E-state index < -0.39 is 71.9 Å². The van der Waals surface area contributed by atoms with Gasteiger partial charge in [-0.25, -0.2) is 13.5 Å². The van der Waals surface area contributed by atoms with Gasteiger partial charge in [0.1, 0.15) is 22.9 Å². The summed E-state index contributed by atoms with van der Waals surface area (Å²) >= 11 is 0. The van der Waals surface area contributed by atoms with Crippen molar-refractivity contribution in [3.05, 3.63) is 29.3 Å². The Bertz CT molecular complexity index is 1090. The van der Waals surface area contributed by atoms with Crippen molar-refractivity contribution >= 4 is 0 Å². The Kier molecular flexibility index (Phi) is 11.2. The van der Waals surface area contributed by atoms with Gasteiger partial charge in [0, 0.05) is 24.0 Å². The average molecular weight is 673 g/mol. The van der Waals surface area contributed by atoms with Crippen LogP contribution in [0.3, 0.4) is 0 Å². The molecule has 0 bridgehead atoms. The third-order valence-corrected chi connectivity index (χ3v) is 8.60. The first-order valence-corrected chi connectivity index (χ1v) is 14.9. The first kappa shape index (κ1) is 35.9. The molecule has 0 amide bonds. The summed E-state index contributed by atoms with van der Waals surface area (Å²) in [6.07, 6.45) is -18.5. The lowest BCUT2D eigenvalue weighted by atomic mass is 9.80. The van der Waals surface area contributed by atoms with Gasteiger partial charge in [-0.05, 0) is 57.8 Å². The lowest BCUT2D eigenvalue weighted by Gasteiger charge is -2.40. The van der Waals surface area contributed by atoms with Crippen LogP contribution in [0.15, 0.2) is 12.1 Å². The van der Waals surface area contributed by atoms with Gasteiger partial charge in [0.25, 0.3) is 0 Å². The molecule has 0 radical (unpaired) electrons. The Morgan fingerprint density at radius 2 is 1.24 bits per heavy atom. The number of rotatable bonds is 11. The minimum atomic E-state index is -5.96. The molecule has 0 unspecified atom stereocenters. The second-order valence-electron chi connectivity index (χ2n) is 11.9. The Morgan fingerprint density at radius 1 is 0.733 bits per heavy atom. The predicted molar refractivity (Wildman–Crippen MR) is 134 cm³/mol. The number of ether oxygens (including phenoxy) is 5. The SMILES string of the molecule is CCCC1COC(C2CCC(C(F)(F)OC3CCC(C(F)(F)Oc4cc(F)c(C(F)(F)OC(F)(F)F)c(F)c4)CC3)CC2)OC1. The fourth-order valence-electron chi connectivity index (χ4n) is 6.29. The van der Waals surface area contributed by atoms with Crippen molar-refractivity contribution in [2.75, 3.05) is 13.2 Å². The van der Waals surface area contributed by atoms with E-state index in [1.165, 1.54) is 0 Å². The van der Waals surface area contributed by atoms with Crippen LogP contribution >= 0.6 is 0 Å². The smallest absolute Gasteiger partial charge is 0.432 e. The summed E-state index contributed by atoms with van der Waals surface area (Å²) in [4.78, 5) is 0. The number of benzene rings is 1. The molecule has 2 aliphatic carbocycles. The van der Waals surface area contributed by atoms with Crippen molar-refractivity contribution in [2.45, 2.75) is 108 Å². The monoisotopic (exact) mass is 672 g/mol. The highest BCUT2D eigenvalue weighted by atomic mass is 19.4. The van der Waals surface area contributed by atoms with Crippen molar-refractivity contribution in [1.82, 2.24) is 0 Å². The molecule has 5 nitrogen and oxygen atoms in total. The maximum absolute atomic E-state index is 15.0. The second kappa shape index (κ2) is 14.1. The summed E-state index contributed by atoms with van der Waals surface area (Å²) in [5.41, 5.74) is -2.45. The molecule has 0 N–H and O–H groups in total.